The van der Waals surface area contributed by atoms with Crippen LogP contribution in [0.3, 0.4) is 0 Å². The Morgan fingerprint density at radius 2 is 1.36 bits per heavy atom. The molecule has 0 aromatic carbocycles. The molecule has 0 bridgehead atoms. The fourth-order valence-electron chi connectivity index (χ4n) is 2.63. The molecule has 122 valence electrons. The molecule has 2 atom stereocenters. The van der Waals surface area contributed by atoms with Crippen LogP contribution in [0.4, 0.5) is 0 Å². The van der Waals surface area contributed by atoms with E-state index < -0.39 is 0 Å². The highest BCUT2D eigenvalue weighted by Gasteiger charge is 2.19. The average Bonchev–Trinajstić information content (AvgIpc) is 3.21. The van der Waals surface area contributed by atoms with Crippen LogP contribution in [-0.4, -0.2) is 24.3 Å². The van der Waals surface area contributed by atoms with Crippen LogP contribution in [0.2, 0.25) is 0 Å². The topological polar surface area (TPSA) is 53.6 Å². The Kier molecular flexibility index (Phi) is 6.71. The molecule has 2 rings (SSSR count). The molecule has 5 nitrogen and oxygen atoms in total. The molecule has 0 saturated heterocycles. The maximum Gasteiger partial charge on any atom is 0.0947 e. The Hall–Kier alpha value is -1.56. The standard InChI is InChI=1S/C17H27N3O2/c1-4-16(18-10-14-6-8-21-12-14)20(3)17(5-2)19-11-15-7-9-22-13-15/h6-9,12-13,16-19H,4-5,10-11H2,1-3H3. The Morgan fingerprint density at radius 3 is 1.68 bits per heavy atom. The third-order valence-electron chi connectivity index (χ3n) is 4.00. The van der Waals surface area contributed by atoms with Crippen molar-refractivity contribution in [1.29, 1.82) is 0 Å². The minimum Gasteiger partial charge on any atom is -0.472 e. The summed E-state index contributed by atoms with van der Waals surface area (Å²) in [6.07, 6.45) is 9.71. The molecule has 0 amide bonds. The second-order valence-electron chi connectivity index (χ2n) is 5.54. The fourth-order valence-corrected chi connectivity index (χ4v) is 2.63. The van der Waals surface area contributed by atoms with E-state index in [1.54, 1.807) is 25.1 Å². The zero-order valence-corrected chi connectivity index (χ0v) is 13.7. The van der Waals surface area contributed by atoms with Crippen molar-refractivity contribution in [2.45, 2.75) is 52.1 Å². The number of nitrogens with zero attached hydrogens (tertiary/aromatic N) is 1. The lowest BCUT2D eigenvalue weighted by molar-refractivity contribution is 0.111. The van der Waals surface area contributed by atoms with Crippen molar-refractivity contribution in [2.75, 3.05) is 7.05 Å². The summed E-state index contributed by atoms with van der Waals surface area (Å²) < 4.78 is 10.2. The van der Waals surface area contributed by atoms with Crippen LogP contribution in [0.1, 0.15) is 37.8 Å². The second-order valence-corrected chi connectivity index (χ2v) is 5.54. The number of hydrogen-bond donors (Lipinski definition) is 2. The van der Waals surface area contributed by atoms with Gasteiger partial charge in [0.15, 0.2) is 0 Å². The van der Waals surface area contributed by atoms with Crippen LogP contribution in [0.25, 0.3) is 0 Å². The monoisotopic (exact) mass is 305 g/mol. The maximum absolute atomic E-state index is 5.11. The Balaban J connectivity index is 1.85. The summed E-state index contributed by atoms with van der Waals surface area (Å²) in [7, 11) is 2.16. The molecule has 0 aliphatic heterocycles. The van der Waals surface area contributed by atoms with Crippen LogP contribution in [0, 0.1) is 0 Å². The van der Waals surface area contributed by atoms with Gasteiger partial charge >= 0.3 is 0 Å². The highest BCUT2D eigenvalue weighted by atomic mass is 16.3. The van der Waals surface area contributed by atoms with Gasteiger partial charge in [0.2, 0.25) is 0 Å². The predicted molar refractivity (Wildman–Crippen MR) is 87.0 cm³/mol. The molecule has 2 unspecified atom stereocenters. The molecule has 5 heteroatoms. The molecule has 0 saturated carbocycles. The lowest BCUT2D eigenvalue weighted by atomic mass is 10.2. The smallest absolute Gasteiger partial charge is 0.0947 e. The Bertz CT molecular complexity index is 450. The second kappa shape index (κ2) is 8.78. The highest BCUT2D eigenvalue weighted by molar-refractivity contribution is 5.05. The molecule has 0 aliphatic carbocycles. The molecular weight excluding hydrogens is 278 g/mol. The van der Waals surface area contributed by atoms with Gasteiger partial charge in [0.25, 0.3) is 0 Å². The van der Waals surface area contributed by atoms with Gasteiger partial charge in [-0.2, -0.15) is 0 Å². The van der Waals surface area contributed by atoms with E-state index in [2.05, 4.69) is 36.4 Å². The van der Waals surface area contributed by atoms with Crippen molar-refractivity contribution in [3.05, 3.63) is 48.3 Å². The minimum atomic E-state index is 0.316. The number of rotatable bonds is 10. The molecular formula is C17H27N3O2. The number of furan rings is 2. The largest absolute Gasteiger partial charge is 0.472 e. The molecule has 0 radical (unpaired) electrons. The number of nitrogens with one attached hydrogen (secondary N) is 2. The Morgan fingerprint density at radius 1 is 0.909 bits per heavy atom. The molecule has 2 N–H and O–H groups in total. The molecule has 0 aliphatic rings. The first-order valence-corrected chi connectivity index (χ1v) is 7.95. The maximum atomic E-state index is 5.11. The van der Waals surface area contributed by atoms with Gasteiger partial charge in [-0.25, -0.2) is 0 Å². The van der Waals surface area contributed by atoms with Crippen molar-refractivity contribution in [3.8, 4) is 0 Å². The fraction of sp³-hybridized carbons (Fsp3) is 0.529. The first kappa shape index (κ1) is 16.8. The zero-order chi connectivity index (χ0) is 15.8. The summed E-state index contributed by atoms with van der Waals surface area (Å²) in [6, 6.07) is 3.99. The van der Waals surface area contributed by atoms with Crippen molar-refractivity contribution < 1.29 is 8.83 Å². The third-order valence-corrected chi connectivity index (χ3v) is 4.00. The predicted octanol–water partition coefficient (Wildman–Crippen LogP) is 3.16. The van der Waals surface area contributed by atoms with Gasteiger partial charge in [-0.05, 0) is 32.0 Å². The van der Waals surface area contributed by atoms with Gasteiger partial charge < -0.3 is 8.83 Å². The molecule has 2 aromatic heterocycles. The summed E-state index contributed by atoms with van der Waals surface area (Å²) in [5.41, 5.74) is 2.34. The van der Waals surface area contributed by atoms with Gasteiger partial charge in [-0.15, -0.1) is 0 Å². The van der Waals surface area contributed by atoms with Crippen LogP contribution < -0.4 is 10.6 Å². The first-order chi connectivity index (χ1) is 10.7. The zero-order valence-electron chi connectivity index (χ0n) is 13.7. The van der Waals surface area contributed by atoms with E-state index in [4.69, 9.17) is 8.83 Å². The van der Waals surface area contributed by atoms with Gasteiger partial charge in [0, 0.05) is 24.2 Å². The molecule has 0 spiro atoms. The van der Waals surface area contributed by atoms with E-state index in [1.807, 2.05) is 12.1 Å². The van der Waals surface area contributed by atoms with Gasteiger partial charge in [0.1, 0.15) is 0 Å². The van der Waals surface area contributed by atoms with E-state index >= 15 is 0 Å². The van der Waals surface area contributed by atoms with Gasteiger partial charge in [0.05, 0.1) is 37.4 Å². The quantitative estimate of drug-likeness (QED) is 0.660. The van der Waals surface area contributed by atoms with Crippen LogP contribution in [0.5, 0.6) is 0 Å². The summed E-state index contributed by atoms with van der Waals surface area (Å²) in [6.45, 7) is 6.04. The van der Waals surface area contributed by atoms with Crippen LogP contribution in [-0.2, 0) is 13.1 Å². The van der Waals surface area contributed by atoms with E-state index in [0.29, 0.717) is 12.3 Å². The van der Waals surface area contributed by atoms with Crippen molar-refractivity contribution in [1.82, 2.24) is 15.5 Å². The van der Waals surface area contributed by atoms with E-state index in [1.165, 1.54) is 11.1 Å². The van der Waals surface area contributed by atoms with Gasteiger partial charge in [-0.3, -0.25) is 15.5 Å². The average molecular weight is 305 g/mol. The van der Waals surface area contributed by atoms with Gasteiger partial charge in [-0.1, -0.05) is 13.8 Å². The summed E-state index contributed by atoms with van der Waals surface area (Å²) in [5, 5.41) is 7.17. The van der Waals surface area contributed by atoms with Crippen molar-refractivity contribution >= 4 is 0 Å². The van der Waals surface area contributed by atoms with E-state index in [0.717, 1.165) is 25.9 Å². The van der Waals surface area contributed by atoms with E-state index in [9.17, 15) is 0 Å². The Labute approximate surface area is 132 Å². The summed E-state index contributed by atoms with van der Waals surface area (Å²) in [4.78, 5) is 2.36. The SMILES string of the molecule is CCC(NCc1ccoc1)N(C)C(CC)NCc1ccoc1. The molecule has 22 heavy (non-hydrogen) atoms. The van der Waals surface area contributed by atoms with Crippen LogP contribution >= 0.6 is 0 Å². The minimum absolute atomic E-state index is 0.316. The summed E-state index contributed by atoms with van der Waals surface area (Å²) >= 11 is 0. The molecule has 0 fully saturated rings. The van der Waals surface area contributed by atoms with E-state index in [-0.39, 0.29) is 0 Å². The first-order valence-electron chi connectivity index (χ1n) is 7.95. The lowest BCUT2D eigenvalue weighted by Gasteiger charge is -2.35. The normalized spacial score (nSPS) is 14.4. The van der Waals surface area contributed by atoms with Crippen LogP contribution in [0.15, 0.2) is 46.0 Å². The van der Waals surface area contributed by atoms with Crippen molar-refractivity contribution in [3.63, 3.8) is 0 Å². The molecule has 2 aromatic rings. The van der Waals surface area contributed by atoms with Crippen molar-refractivity contribution in [2.24, 2.45) is 0 Å². The highest BCUT2D eigenvalue weighted by Crippen LogP contribution is 2.09. The number of hydrogen-bond acceptors (Lipinski definition) is 5. The lowest BCUT2D eigenvalue weighted by Crippen LogP contribution is -2.52. The summed E-state index contributed by atoms with van der Waals surface area (Å²) in [5.74, 6) is 0. The molecule has 2 heterocycles. The third kappa shape index (κ3) is 4.73.